The van der Waals surface area contributed by atoms with Crippen LogP contribution in [0.1, 0.15) is 120 Å². The first-order chi connectivity index (χ1) is 19.4. The molecule has 3 fully saturated rings. The second-order valence-corrected chi connectivity index (χ2v) is 11.8. The highest BCUT2D eigenvalue weighted by molar-refractivity contribution is 5.91. The maximum Gasteiger partial charge on any atom is 0.246 e. The van der Waals surface area contributed by atoms with Gasteiger partial charge in [0.1, 0.15) is 18.4 Å². The Bertz CT molecular complexity index is 745. The number of carbonyl (C=O) groups excluding carboxylic acids is 4. The van der Waals surface area contributed by atoms with Crippen molar-refractivity contribution in [2.75, 3.05) is 13.6 Å². The molecule has 4 N–H and O–H groups in total. The van der Waals surface area contributed by atoms with Crippen molar-refractivity contribution in [2.45, 2.75) is 144 Å². The van der Waals surface area contributed by atoms with Crippen LogP contribution in [0.25, 0.3) is 0 Å². The Hall–Kier alpha value is -2.58. The van der Waals surface area contributed by atoms with Crippen LogP contribution in [-0.2, 0) is 19.2 Å². The maximum atomic E-state index is 13.3. The molecule has 0 radical (unpaired) electrons. The van der Waals surface area contributed by atoms with Crippen molar-refractivity contribution in [1.29, 1.82) is 0 Å². The number of likely N-dealkylation sites (tertiary alicyclic amines) is 1. The van der Waals surface area contributed by atoms with E-state index in [1.54, 1.807) is 11.9 Å². The number of nitrogens with one attached hydrogen (secondary N) is 4. The summed E-state index contributed by atoms with van der Waals surface area (Å²) in [4.78, 5) is 46.3. The zero-order valence-corrected chi connectivity index (χ0v) is 27.9. The average Bonchev–Trinajstić information content (AvgIpc) is 3.57. The number of carbonyl (C=O) groups is 4. The third-order valence-corrected chi connectivity index (χ3v) is 6.75. The number of amides is 3. The first-order valence-electron chi connectivity index (χ1n) is 15.7. The van der Waals surface area contributed by atoms with Crippen molar-refractivity contribution in [3.05, 3.63) is 12.4 Å². The molecule has 2 saturated carbocycles. The molecule has 1 heterocycles. The zero-order chi connectivity index (χ0) is 32.0. The summed E-state index contributed by atoms with van der Waals surface area (Å²) in [6.45, 7) is 22.4. The summed E-state index contributed by atoms with van der Waals surface area (Å²) in [5.41, 5.74) is -0.294. The molecular weight excluding hydrogens is 518 g/mol. The van der Waals surface area contributed by atoms with E-state index in [9.17, 15) is 14.4 Å². The van der Waals surface area contributed by atoms with Gasteiger partial charge in [-0.25, -0.2) is 0 Å². The van der Waals surface area contributed by atoms with E-state index < -0.39 is 6.04 Å². The second-order valence-electron chi connectivity index (χ2n) is 11.8. The highest BCUT2D eigenvalue weighted by Gasteiger charge is 2.41. The van der Waals surface area contributed by atoms with E-state index in [4.69, 9.17) is 4.79 Å². The van der Waals surface area contributed by atoms with Gasteiger partial charge in [-0.3, -0.25) is 14.4 Å². The topological polar surface area (TPSA) is 120 Å². The molecule has 0 spiro atoms. The summed E-state index contributed by atoms with van der Waals surface area (Å²) < 4.78 is 0. The molecule has 1 aliphatic heterocycles. The number of nitrogens with zero attached hydrogens (tertiary/aromatic N) is 1. The summed E-state index contributed by atoms with van der Waals surface area (Å²) in [6.07, 6.45) is 11.6. The third-order valence-electron chi connectivity index (χ3n) is 6.75. The Labute approximate surface area is 251 Å². The van der Waals surface area contributed by atoms with Crippen LogP contribution in [0, 0.1) is 11.3 Å². The minimum absolute atomic E-state index is 0.00669. The van der Waals surface area contributed by atoms with E-state index >= 15 is 0 Å². The number of aldehydes is 1. The lowest BCUT2D eigenvalue weighted by Gasteiger charge is -2.36. The molecule has 3 aliphatic rings. The van der Waals surface area contributed by atoms with Crippen LogP contribution in [0.2, 0.25) is 0 Å². The quantitative estimate of drug-likeness (QED) is 0.272. The van der Waals surface area contributed by atoms with Crippen LogP contribution >= 0.6 is 0 Å². The SMILES string of the molecule is C=C(NC)NC(C(=O)N1CCCC1C(=O)NC(C)CC1CCC1)C(C)(C)C.CC.CC=O.CCC.O=CNC1CC1. The second kappa shape index (κ2) is 23.0. The summed E-state index contributed by atoms with van der Waals surface area (Å²) >= 11 is 0. The Morgan fingerprint density at radius 1 is 1.00 bits per heavy atom. The lowest BCUT2D eigenvalue weighted by molar-refractivity contribution is -0.142. The Balaban J connectivity index is 0. The Kier molecular flexibility index (Phi) is 22.8. The zero-order valence-electron chi connectivity index (χ0n) is 27.9. The van der Waals surface area contributed by atoms with Crippen molar-refractivity contribution < 1.29 is 19.2 Å². The highest BCUT2D eigenvalue weighted by atomic mass is 16.2. The largest absolute Gasteiger partial charge is 0.375 e. The van der Waals surface area contributed by atoms with Crippen molar-refractivity contribution in [1.82, 2.24) is 26.2 Å². The van der Waals surface area contributed by atoms with E-state index in [1.807, 2.05) is 34.6 Å². The molecule has 3 rings (SSSR count). The molecule has 3 unspecified atom stereocenters. The fourth-order valence-electron chi connectivity index (χ4n) is 4.34. The smallest absolute Gasteiger partial charge is 0.246 e. The standard InChI is InChI=1S/C21H38N4O2.C4H7NO.C3H8.C2H4O.C2H6/c1-14(13-16-9-7-10-16)23-19(26)17-11-8-12-25(17)20(27)18(21(3,4)5)24-15(2)22-6;6-3-5-4-1-2-4;1-3-2;1-2-3;1-2/h14,16-18,22,24H,2,7-13H2,1,3-6H3,(H,23,26);3-4H,1-2H2,(H,5,6);3H2,1-2H3;2H,1H3;1-2H3. The fourth-order valence-corrected chi connectivity index (χ4v) is 4.34. The Morgan fingerprint density at radius 2 is 1.54 bits per heavy atom. The lowest BCUT2D eigenvalue weighted by Crippen LogP contribution is -2.57. The maximum absolute atomic E-state index is 13.3. The van der Waals surface area contributed by atoms with Crippen molar-refractivity contribution in [3.8, 4) is 0 Å². The molecule has 0 bridgehead atoms. The van der Waals surface area contributed by atoms with E-state index in [2.05, 4.69) is 48.6 Å². The monoisotopic (exact) mass is 581 g/mol. The third kappa shape index (κ3) is 17.8. The van der Waals surface area contributed by atoms with Crippen LogP contribution in [-0.4, -0.2) is 67.2 Å². The molecule has 3 amide bonds. The first kappa shape index (κ1) is 40.6. The molecule has 41 heavy (non-hydrogen) atoms. The molecule has 1 saturated heterocycles. The van der Waals surface area contributed by atoms with E-state index in [1.165, 1.54) is 45.4 Å². The number of hydrogen-bond acceptors (Lipinski definition) is 6. The summed E-state index contributed by atoms with van der Waals surface area (Å²) in [7, 11) is 1.77. The number of hydrogen-bond donors (Lipinski definition) is 4. The van der Waals surface area contributed by atoms with Gasteiger partial charge in [-0.05, 0) is 57.3 Å². The van der Waals surface area contributed by atoms with Crippen LogP contribution in [0.4, 0.5) is 0 Å². The molecular formula is C32H63N5O4. The normalized spacial score (nSPS) is 18.7. The van der Waals surface area contributed by atoms with E-state index in [-0.39, 0.29) is 29.3 Å². The van der Waals surface area contributed by atoms with Crippen molar-refractivity contribution >= 4 is 24.5 Å². The minimum Gasteiger partial charge on any atom is -0.375 e. The molecule has 9 heteroatoms. The van der Waals surface area contributed by atoms with Crippen LogP contribution in [0.3, 0.4) is 0 Å². The van der Waals surface area contributed by atoms with Crippen LogP contribution in [0.5, 0.6) is 0 Å². The molecule has 9 nitrogen and oxygen atoms in total. The molecule has 0 aromatic rings. The van der Waals surface area contributed by atoms with Gasteiger partial charge in [0.05, 0.1) is 5.82 Å². The highest BCUT2D eigenvalue weighted by Crippen LogP contribution is 2.31. The van der Waals surface area contributed by atoms with Crippen molar-refractivity contribution in [3.63, 3.8) is 0 Å². The van der Waals surface area contributed by atoms with Crippen LogP contribution in [0.15, 0.2) is 12.4 Å². The minimum atomic E-state index is -0.432. The molecule has 3 atom stereocenters. The summed E-state index contributed by atoms with van der Waals surface area (Å²) in [5.74, 6) is 1.33. The predicted octanol–water partition coefficient (Wildman–Crippen LogP) is 4.91. The number of rotatable bonds is 10. The fraction of sp³-hybridized carbons (Fsp3) is 0.812. The van der Waals surface area contributed by atoms with Gasteiger partial charge >= 0.3 is 0 Å². The molecule has 0 aromatic carbocycles. The molecule has 0 aromatic heterocycles. The first-order valence-corrected chi connectivity index (χ1v) is 15.7. The van der Waals surface area contributed by atoms with Gasteiger partial charge in [0, 0.05) is 25.7 Å². The van der Waals surface area contributed by atoms with Crippen molar-refractivity contribution in [2.24, 2.45) is 11.3 Å². The average molecular weight is 582 g/mol. The Morgan fingerprint density at radius 3 is 1.90 bits per heavy atom. The molecule has 240 valence electrons. The van der Waals surface area contributed by atoms with Gasteiger partial charge in [-0.15, -0.1) is 0 Å². The van der Waals surface area contributed by atoms with Gasteiger partial charge in [-0.1, -0.05) is 80.7 Å². The van der Waals surface area contributed by atoms with Crippen LogP contribution < -0.4 is 21.3 Å². The molecule has 2 aliphatic carbocycles. The summed E-state index contributed by atoms with van der Waals surface area (Å²) in [5, 5.41) is 11.9. The van der Waals surface area contributed by atoms with Gasteiger partial charge in [-0.2, -0.15) is 0 Å². The summed E-state index contributed by atoms with van der Waals surface area (Å²) in [6, 6.07) is -0.0995. The van der Waals surface area contributed by atoms with Gasteiger partial charge in [0.2, 0.25) is 18.2 Å². The van der Waals surface area contributed by atoms with E-state index in [0.717, 1.165) is 37.9 Å². The van der Waals surface area contributed by atoms with Gasteiger partial charge in [0.15, 0.2) is 0 Å². The lowest BCUT2D eigenvalue weighted by atomic mass is 9.81. The predicted molar refractivity (Wildman–Crippen MR) is 170 cm³/mol. The van der Waals surface area contributed by atoms with Gasteiger partial charge < -0.3 is 31.0 Å². The van der Waals surface area contributed by atoms with E-state index in [0.29, 0.717) is 18.4 Å². The van der Waals surface area contributed by atoms with Gasteiger partial charge in [0.25, 0.3) is 0 Å².